The summed E-state index contributed by atoms with van der Waals surface area (Å²) in [5.74, 6) is -0.980. The van der Waals surface area contributed by atoms with Crippen LogP contribution in [-0.2, 0) is 28.6 Å². The fourth-order valence-electron chi connectivity index (χ4n) is 7.25. The Morgan fingerprint density at radius 3 is 1.03 bits per heavy atom. The number of ether oxygens (including phenoxy) is 3. The zero-order chi connectivity index (χ0) is 45.8. The van der Waals surface area contributed by atoms with Gasteiger partial charge >= 0.3 is 17.9 Å². The minimum atomic E-state index is -0.809. The molecular weight excluding hydrogens is 781 g/mol. The molecule has 0 aliphatic rings. The van der Waals surface area contributed by atoms with Crippen LogP contribution in [0, 0.1) is 0 Å². The van der Waals surface area contributed by atoms with Gasteiger partial charge < -0.3 is 14.2 Å². The van der Waals surface area contributed by atoms with Crippen LogP contribution in [0.5, 0.6) is 0 Å². The van der Waals surface area contributed by atoms with Crippen LogP contribution in [0.15, 0.2) is 72.9 Å². The van der Waals surface area contributed by atoms with Crippen LogP contribution < -0.4 is 0 Å². The highest BCUT2D eigenvalue weighted by Crippen LogP contribution is 2.15. The molecule has 1 unspecified atom stereocenters. The Balaban J connectivity index is 4.43. The van der Waals surface area contributed by atoms with Gasteiger partial charge in [-0.25, -0.2) is 0 Å². The van der Waals surface area contributed by atoms with Gasteiger partial charge in [-0.2, -0.15) is 0 Å². The molecule has 0 fully saturated rings. The summed E-state index contributed by atoms with van der Waals surface area (Å²) in [5.41, 5.74) is 0. The van der Waals surface area contributed by atoms with Gasteiger partial charge in [0.15, 0.2) is 6.10 Å². The van der Waals surface area contributed by atoms with Crippen molar-refractivity contribution in [2.75, 3.05) is 13.2 Å². The fraction of sp³-hybridized carbons (Fsp3) is 0.737. The van der Waals surface area contributed by atoms with Gasteiger partial charge in [0.25, 0.3) is 0 Å². The molecule has 0 rings (SSSR count). The number of unbranched alkanes of at least 4 members (excludes halogenated alkanes) is 24. The topological polar surface area (TPSA) is 78.9 Å². The van der Waals surface area contributed by atoms with Crippen molar-refractivity contribution in [3.05, 3.63) is 72.9 Å². The molecule has 0 aliphatic carbocycles. The van der Waals surface area contributed by atoms with Crippen LogP contribution in [0.4, 0.5) is 0 Å². The number of carbonyl (C=O) groups excluding carboxylic acids is 3. The lowest BCUT2D eigenvalue weighted by molar-refractivity contribution is -0.166. The number of hydrogen-bond acceptors (Lipinski definition) is 6. The SMILES string of the molecule is CC/C=C/C/C=C/C/C=C/C/C=C/CCCCCCCCC(=O)OCC(COC(=O)CCCCCCCCCCCCCCC)OC(=O)CC/C=C/C/C=C/CCCCCCCC. The molecule has 0 aromatic carbocycles. The van der Waals surface area contributed by atoms with Gasteiger partial charge in [-0.3, -0.25) is 14.4 Å². The molecule has 6 nitrogen and oxygen atoms in total. The van der Waals surface area contributed by atoms with E-state index in [1.807, 2.05) is 6.08 Å². The first-order valence-corrected chi connectivity index (χ1v) is 26.4. The highest BCUT2D eigenvalue weighted by atomic mass is 16.6. The maximum absolute atomic E-state index is 12.8. The average molecular weight is 879 g/mol. The monoisotopic (exact) mass is 879 g/mol. The third-order valence-corrected chi connectivity index (χ3v) is 11.2. The van der Waals surface area contributed by atoms with Gasteiger partial charge in [0.2, 0.25) is 0 Å². The van der Waals surface area contributed by atoms with E-state index in [0.29, 0.717) is 19.3 Å². The Bertz CT molecular complexity index is 1190. The Hall–Kier alpha value is -3.15. The van der Waals surface area contributed by atoms with Gasteiger partial charge in [-0.05, 0) is 77.0 Å². The summed E-state index contributed by atoms with van der Waals surface area (Å²) in [7, 11) is 0. The van der Waals surface area contributed by atoms with E-state index in [1.54, 1.807) is 0 Å². The lowest BCUT2D eigenvalue weighted by atomic mass is 10.0. The van der Waals surface area contributed by atoms with Gasteiger partial charge in [-0.1, -0.05) is 229 Å². The van der Waals surface area contributed by atoms with Gasteiger partial charge in [-0.15, -0.1) is 0 Å². The molecule has 0 aromatic rings. The number of allylic oxidation sites excluding steroid dienone is 12. The van der Waals surface area contributed by atoms with E-state index in [9.17, 15) is 14.4 Å². The highest BCUT2D eigenvalue weighted by molar-refractivity contribution is 5.71. The third-order valence-electron chi connectivity index (χ3n) is 11.2. The predicted octanol–water partition coefficient (Wildman–Crippen LogP) is 17.4. The van der Waals surface area contributed by atoms with Gasteiger partial charge in [0.1, 0.15) is 13.2 Å². The van der Waals surface area contributed by atoms with E-state index >= 15 is 0 Å². The van der Waals surface area contributed by atoms with Crippen molar-refractivity contribution in [1.29, 1.82) is 0 Å². The van der Waals surface area contributed by atoms with Crippen LogP contribution in [0.25, 0.3) is 0 Å². The Kier molecular flexibility index (Phi) is 48.9. The quantitative estimate of drug-likeness (QED) is 0.0262. The van der Waals surface area contributed by atoms with E-state index in [4.69, 9.17) is 14.2 Å². The number of carbonyl (C=O) groups is 3. The Morgan fingerprint density at radius 2 is 0.651 bits per heavy atom. The first kappa shape index (κ1) is 59.9. The average Bonchev–Trinajstić information content (AvgIpc) is 3.28. The molecular formula is C57H98O6. The molecule has 0 aliphatic heterocycles. The number of rotatable bonds is 47. The second-order valence-corrected chi connectivity index (χ2v) is 17.4. The fourth-order valence-corrected chi connectivity index (χ4v) is 7.25. The molecule has 0 aromatic heterocycles. The summed E-state index contributed by atoms with van der Waals surface area (Å²) >= 11 is 0. The summed E-state index contributed by atoms with van der Waals surface area (Å²) in [6, 6.07) is 0. The molecule has 0 radical (unpaired) electrons. The van der Waals surface area contributed by atoms with Crippen LogP contribution in [0.2, 0.25) is 0 Å². The van der Waals surface area contributed by atoms with Crippen LogP contribution in [0.3, 0.4) is 0 Å². The first-order valence-electron chi connectivity index (χ1n) is 26.4. The Labute approximate surface area is 389 Å². The number of esters is 3. The molecule has 0 heterocycles. The molecule has 0 N–H and O–H groups in total. The summed E-state index contributed by atoms with van der Waals surface area (Å²) in [6.07, 6.45) is 64.7. The van der Waals surface area contributed by atoms with Crippen molar-refractivity contribution in [2.45, 2.75) is 258 Å². The molecule has 1 atom stereocenters. The lowest BCUT2D eigenvalue weighted by Gasteiger charge is -2.18. The maximum atomic E-state index is 12.8. The smallest absolute Gasteiger partial charge is 0.306 e. The van der Waals surface area contributed by atoms with E-state index in [2.05, 4.69) is 87.6 Å². The van der Waals surface area contributed by atoms with Crippen molar-refractivity contribution < 1.29 is 28.6 Å². The minimum Gasteiger partial charge on any atom is -0.462 e. The molecule has 0 spiro atoms. The van der Waals surface area contributed by atoms with Crippen LogP contribution in [-0.4, -0.2) is 37.2 Å². The molecule has 0 bridgehead atoms. The van der Waals surface area contributed by atoms with Crippen molar-refractivity contribution in [1.82, 2.24) is 0 Å². The predicted molar refractivity (Wildman–Crippen MR) is 270 cm³/mol. The normalized spacial score (nSPS) is 12.6. The molecule has 0 saturated heterocycles. The van der Waals surface area contributed by atoms with E-state index in [1.165, 1.54) is 116 Å². The second kappa shape index (κ2) is 51.5. The summed E-state index contributed by atoms with van der Waals surface area (Å²) in [4.78, 5) is 37.9. The van der Waals surface area contributed by atoms with Crippen molar-refractivity contribution in [3.63, 3.8) is 0 Å². The zero-order valence-electron chi connectivity index (χ0n) is 41.3. The highest BCUT2D eigenvalue weighted by Gasteiger charge is 2.19. The molecule has 6 heteroatoms. The van der Waals surface area contributed by atoms with Crippen molar-refractivity contribution in [2.24, 2.45) is 0 Å². The number of hydrogen-bond donors (Lipinski definition) is 0. The zero-order valence-corrected chi connectivity index (χ0v) is 41.3. The largest absolute Gasteiger partial charge is 0.462 e. The maximum Gasteiger partial charge on any atom is 0.306 e. The van der Waals surface area contributed by atoms with Crippen molar-refractivity contribution >= 4 is 17.9 Å². The molecule has 362 valence electrons. The standard InChI is InChI=1S/C57H98O6/c1-4-7-10-13-16-19-22-25-26-27-28-29-30-33-35-38-41-44-47-50-56(59)62-53-54(63-57(60)51-48-45-42-39-36-32-24-21-18-15-12-9-6-3)52-61-55(58)49-46-43-40-37-34-31-23-20-17-14-11-8-5-2/h7,10,16,19,25-26,28-29,32,36,42,45,54H,4-6,8-9,11-15,17-18,20-24,27,30-31,33-35,37-41,43-44,46-53H2,1-3H3/b10-7+,19-16+,26-25+,29-28+,36-32+,45-42+. The molecule has 63 heavy (non-hydrogen) atoms. The van der Waals surface area contributed by atoms with Crippen molar-refractivity contribution in [3.8, 4) is 0 Å². The third kappa shape index (κ3) is 49.7. The first-order chi connectivity index (χ1) is 31.0. The van der Waals surface area contributed by atoms with E-state index in [0.717, 1.165) is 89.9 Å². The lowest BCUT2D eigenvalue weighted by Crippen LogP contribution is -2.30. The van der Waals surface area contributed by atoms with E-state index in [-0.39, 0.29) is 37.5 Å². The van der Waals surface area contributed by atoms with Gasteiger partial charge in [0, 0.05) is 19.3 Å². The van der Waals surface area contributed by atoms with Gasteiger partial charge in [0.05, 0.1) is 0 Å². The summed E-state index contributed by atoms with van der Waals surface area (Å²) in [6.45, 7) is 6.46. The van der Waals surface area contributed by atoms with E-state index < -0.39 is 6.10 Å². The second-order valence-electron chi connectivity index (χ2n) is 17.4. The summed E-state index contributed by atoms with van der Waals surface area (Å²) < 4.78 is 16.7. The minimum absolute atomic E-state index is 0.101. The van der Waals surface area contributed by atoms with Crippen LogP contribution in [0.1, 0.15) is 252 Å². The Morgan fingerprint density at radius 1 is 0.333 bits per heavy atom. The molecule has 0 saturated carbocycles. The summed E-state index contributed by atoms with van der Waals surface area (Å²) in [5, 5.41) is 0. The molecule has 0 amide bonds. The van der Waals surface area contributed by atoms with Crippen LogP contribution >= 0.6 is 0 Å².